The molecule has 0 aliphatic carbocycles. The van der Waals surface area contributed by atoms with E-state index in [0.717, 1.165) is 0 Å². The number of aromatic amines is 1. The maximum atomic E-state index is 10.6. The fourth-order valence-electron chi connectivity index (χ4n) is 1.60. The van der Waals surface area contributed by atoms with Crippen LogP contribution in [-0.2, 0) is 0 Å². The highest BCUT2D eigenvalue weighted by molar-refractivity contribution is 6.33. The van der Waals surface area contributed by atoms with Gasteiger partial charge in [-0.25, -0.2) is 9.89 Å². The summed E-state index contributed by atoms with van der Waals surface area (Å²) >= 11 is 6.03. The van der Waals surface area contributed by atoms with E-state index in [1.165, 1.54) is 0 Å². The highest BCUT2D eigenvalue weighted by Crippen LogP contribution is 2.27. The first-order valence-electron chi connectivity index (χ1n) is 5.25. The molecule has 19 heavy (non-hydrogen) atoms. The summed E-state index contributed by atoms with van der Waals surface area (Å²) in [4.78, 5) is 10.6. The van der Waals surface area contributed by atoms with E-state index in [-0.39, 0.29) is 6.61 Å². The van der Waals surface area contributed by atoms with Crippen LogP contribution in [0.3, 0.4) is 0 Å². The van der Waals surface area contributed by atoms with Gasteiger partial charge in [0.1, 0.15) is 0 Å². The summed E-state index contributed by atoms with van der Waals surface area (Å²) in [5, 5.41) is 33.7. The average molecular weight is 284 g/mol. The van der Waals surface area contributed by atoms with E-state index in [9.17, 15) is 9.90 Å². The monoisotopic (exact) mass is 283 g/mol. The summed E-state index contributed by atoms with van der Waals surface area (Å²) in [5.74, 6) is 0.360. The van der Waals surface area contributed by atoms with Gasteiger partial charge in [0.05, 0.1) is 17.7 Å². The van der Waals surface area contributed by atoms with E-state index in [1.54, 1.807) is 18.2 Å². The fourth-order valence-corrected chi connectivity index (χ4v) is 1.80. The van der Waals surface area contributed by atoms with E-state index in [1.807, 2.05) is 0 Å². The number of hydrogen-bond donors (Lipinski definition) is 4. The van der Waals surface area contributed by atoms with E-state index in [2.05, 4.69) is 25.9 Å². The summed E-state index contributed by atoms with van der Waals surface area (Å²) < 4.78 is 0. The van der Waals surface area contributed by atoms with Crippen molar-refractivity contribution in [1.29, 1.82) is 0 Å². The van der Waals surface area contributed by atoms with Gasteiger partial charge in [-0.2, -0.15) is 0 Å². The average Bonchev–Trinajstić information content (AvgIpc) is 2.90. The number of H-pyrrole nitrogens is 1. The summed E-state index contributed by atoms with van der Waals surface area (Å²) in [7, 11) is 0. The number of tetrazole rings is 1. The lowest BCUT2D eigenvalue weighted by molar-refractivity contribution is 0.177. The number of nitrogens with zero attached hydrogens (tertiary/aromatic N) is 3. The van der Waals surface area contributed by atoms with E-state index >= 15 is 0 Å². The highest BCUT2D eigenvalue weighted by atomic mass is 35.5. The van der Waals surface area contributed by atoms with Crippen LogP contribution in [0.4, 0.5) is 4.79 Å². The standard InChI is InChI=1S/C10H10ClN5O3/c11-7-2-1-5(8(4-17)12-10(18)19)3-6(7)9-13-15-16-14-9/h1-3,8,12,17H,4H2,(H,18,19)(H,13,14,15,16). The van der Waals surface area contributed by atoms with Gasteiger partial charge in [-0.3, -0.25) is 0 Å². The Bertz CT molecular complexity index is 575. The first-order valence-corrected chi connectivity index (χ1v) is 5.63. The maximum absolute atomic E-state index is 10.6. The zero-order chi connectivity index (χ0) is 13.8. The van der Waals surface area contributed by atoms with Crippen molar-refractivity contribution in [2.45, 2.75) is 6.04 Å². The summed E-state index contributed by atoms with van der Waals surface area (Å²) in [6.45, 7) is -0.373. The van der Waals surface area contributed by atoms with Gasteiger partial charge >= 0.3 is 6.09 Å². The number of carboxylic acid groups (broad SMARTS) is 1. The second-order valence-corrected chi connectivity index (χ2v) is 4.08. The molecule has 1 aromatic heterocycles. The SMILES string of the molecule is O=C(O)NC(CO)c1ccc(Cl)c(-c2nnn[nH]2)c1. The van der Waals surface area contributed by atoms with Gasteiger partial charge in [0.15, 0.2) is 5.82 Å². The number of aliphatic hydroxyl groups is 1. The van der Waals surface area contributed by atoms with Crippen LogP contribution >= 0.6 is 11.6 Å². The first kappa shape index (κ1) is 13.2. The molecule has 100 valence electrons. The molecule has 1 unspecified atom stereocenters. The quantitative estimate of drug-likeness (QED) is 0.658. The van der Waals surface area contributed by atoms with Crippen LogP contribution in [0.5, 0.6) is 0 Å². The normalized spacial score (nSPS) is 12.1. The summed E-state index contributed by atoms with van der Waals surface area (Å²) in [6, 6.07) is 4.07. The van der Waals surface area contributed by atoms with Gasteiger partial charge in [0, 0.05) is 5.56 Å². The molecule has 2 rings (SSSR count). The lowest BCUT2D eigenvalue weighted by Gasteiger charge is -2.15. The smallest absolute Gasteiger partial charge is 0.405 e. The number of aliphatic hydroxyl groups excluding tert-OH is 1. The van der Waals surface area contributed by atoms with Crippen LogP contribution in [-0.4, -0.2) is 43.5 Å². The van der Waals surface area contributed by atoms with E-state index in [4.69, 9.17) is 16.7 Å². The van der Waals surface area contributed by atoms with E-state index < -0.39 is 12.1 Å². The zero-order valence-electron chi connectivity index (χ0n) is 9.54. The summed E-state index contributed by atoms with van der Waals surface area (Å²) in [5.41, 5.74) is 1.08. The molecule has 1 heterocycles. The molecule has 0 aliphatic heterocycles. The molecule has 0 aliphatic rings. The molecule has 8 nitrogen and oxygen atoms in total. The second kappa shape index (κ2) is 5.63. The van der Waals surface area contributed by atoms with Gasteiger partial charge in [0.2, 0.25) is 0 Å². The van der Waals surface area contributed by atoms with Crippen LogP contribution in [0, 0.1) is 0 Å². The third kappa shape index (κ3) is 2.98. The number of halogens is 1. The summed E-state index contributed by atoms with van der Waals surface area (Å²) in [6.07, 6.45) is -1.23. The van der Waals surface area contributed by atoms with E-state index in [0.29, 0.717) is 22.0 Å². The van der Waals surface area contributed by atoms with Crippen molar-refractivity contribution in [3.63, 3.8) is 0 Å². The van der Waals surface area contributed by atoms with Gasteiger partial charge in [-0.15, -0.1) is 5.10 Å². The van der Waals surface area contributed by atoms with Crippen molar-refractivity contribution >= 4 is 17.7 Å². The van der Waals surface area contributed by atoms with Crippen molar-refractivity contribution in [3.05, 3.63) is 28.8 Å². The lowest BCUT2D eigenvalue weighted by Crippen LogP contribution is -2.29. The molecular formula is C10H10ClN5O3. The number of hydrogen-bond acceptors (Lipinski definition) is 5. The molecule has 0 radical (unpaired) electrons. The maximum Gasteiger partial charge on any atom is 0.405 e. The first-order chi connectivity index (χ1) is 9.11. The number of rotatable bonds is 4. The second-order valence-electron chi connectivity index (χ2n) is 3.67. The van der Waals surface area contributed by atoms with Crippen LogP contribution in [0.1, 0.15) is 11.6 Å². The molecule has 1 atom stereocenters. The molecule has 0 saturated carbocycles. The largest absolute Gasteiger partial charge is 0.465 e. The van der Waals surface area contributed by atoms with Crippen molar-refractivity contribution in [3.8, 4) is 11.4 Å². The number of amides is 1. The van der Waals surface area contributed by atoms with Crippen LogP contribution in [0.15, 0.2) is 18.2 Å². The Morgan fingerprint density at radius 2 is 2.32 bits per heavy atom. The minimum atomic E-state index is -1.23. The number of aromatic nitrogens is 4. The highest BCUT2D eigenvalue weighted by Gasteiger charge is 2.16. The minimum Gasteiger partial charge on any atom is -0.465 e. The topological polar surface area (TPSA) is 124 Å². The minimum absolute atomic E-state index is 0.360. The Labute approximate surface area is 112 Å². The van der Waals surface area contributed by atoms with Gasteiger partial charge in [-0.05, 0) is 28.1 Å². The zero-order valence-corrected chi connectivity index (χ0v) is 10.3. The Morgan fingerprint density at radius 1 is 1.53 bits per heavy atom. The molecule has 4 N–H and O–H groups in total. The third-order valence-corrected chi connectivity index (χ3v) is 2.80. The molecule has 1 aromatic carbocycles. The molecule has 0 saturated heterocycles. The Balaban J connectivity index is 2.37. The number of benzene rings is 1. The van der Waals surface area contributed by atoms with Gasteiger partial charge in [0.25, 0.3) is 0 Å². The third-order valence-electron chi connectivity index (χ3n) is 2.47. The van der Waals surface area contributed by atoms with Crippen LogP contribution in [0.25, 0.3) is 11.4 Å². The van der Waals surface area contributed by atoms with Crippen LogP contribution in [0.2, 0.25) is 5.02 Å². The van der Waals surface area contributed by atoms with Crippen molar-refractivity contribution in [1.82, 2.24) is 25.9 Å². The molecular weight excluding hydrogens is 274 g/mol. The lowest BCUT2D eigenvalue weighted by atomic mass is 10.0. The number of carbonyl (C=O) groups is 1. The van der Waals surface area contributed by atoms with Crippen molar-refractivity contribution in [2.24, 2.45) is 0 Å². The van der Waals surface area contributed by atoms with Gasteiger partial charge < -0.3 is 15.5 Å². The molecule has 0 fully saturated rings. The number of nitrogens with one attached hydrogen (secondary N) is 2. The van der Waals surface area contributed by atoms with Crippen molar-refractivity contribution < 1.29 is 15.0 Å². The molecule has 0 bridgehead atoms. The van der Waals surface area contributed by atoms with Gasteiger partial charge in [-0.1, -0.05) is 17.7 Å². The molecule has 0 spiro atoms. The Kier molecular flexibility index (Phi) is 3.93. The predicted octanol–water partition coefficient (Wildman–Crippen LogP) is 0.821. The Morgan fingerprint density at radius 3 is 2.89 bits per heavy atom. The predicted molar refractivity (Wildman–Crippen MR) is 65.6 cm³/mol. The molecule has 1 amide bonds. The fraction of sp³-hybridized carbons (Fsp3) is 0.200. The van der Waals surface area contributed by atoms with Crippen LogP contribution < -0.4 is 5.32 Å². The molecule has 2 aromatic rings. The van der Waals surface area contributed by atoms with Crippen molar-refractivity contribution in [2.75, 3.05) is 6.61 Å². The Hall–Kier alpha value is -2.19. The molecule has 9 heteroatoms.